The van der Waals surface area contributed by atoms with Crippen LogP contribution in [0.1, 0.15) is 55.2 Å². The van der Waals surface area contributed by atoms with E-state index in [4.69, 9.17) is 24.4 Å². The molecule has 0 fully saturated rings. The molecule has 64 heavy (non-hydrogen) atoms. The Balaban J connectivity index is 0.953. The molecule has 2 atom stereocenters. The van der Waals surface area contributed by atoms with E-state index in [1.165, 1.54) is 16.2 Å². The molecule has 308 valence electrons. The van der Waals surface area contributed by atoms with Gasteiger partial charge >= 0.3 is 0 Å². The van der Waals surface area contributed by atoms with Gasteiger partial charge in [0.2, 0.25) is 0 Å². The number of aliphatic imine (C=N–C) groups is 1. The second-order valence-corrected chi connectivity index (χ2v) is 16.8. The van der Waals surface area contributed by atoms with Crippen molar-refractivity contribution in [3.8, 4) is 56.4 Å². The number of fused-ring (bicyclic) bond motifs is 3. The van der Waals surface area contributed by atoms with Gasteiger partial charge in [0.25, 0.3) is 0 Å². The summed E-state index contributed by atoms with van der Waals surface area (Å²) in [5, 5.41) is 2.38. The van der Waals surface area contributed by atoms with Gasteiger partial charge in [0.05, 0.1) is 11.4 Å². The Hall–Kier alpha value is -7.76. The third-order valence-electron chi connectivity index (χ3n) is 12.7. The topological polar surface area (TPSA) is 64.2 Å². The van der Waals surface area contributed by atoms with E-state index in [1.54, 1.807) is 0 Å². The van der Waals surface area contributed by atoms with E-state index >= 15 is 0 Å². The van der Waals surface area contributed by atoms with Crippen molar-refractivity contribution in [3.63, 3.8) is 0 Å². The smallest absolute Gasteiger partial charge is 0.164 e. The first-order valence-corrected chi connectivity index (χ1v) is 22.4. The molecule has 1 aliphatic carbocycles. The van der Waals surface area contributed by atoms with E-state index in [1.807, 2.05) is 60.7 Å². The highest BCUT2D eigenvalue weighted by Gasteiger charge is 2.26. The average Bonchev–Trinajstić information content (AvgIpc) is 3.63. The van der Waals surface area contributed by atoms with Crippen LogP contribution in [0.15, 0.2) is 197 Å². The van der Waals surface area contributed by atoms with Gasteiger partial charge in [-0.25, -0.2) is 15.0 Å². The third kappa shape index (κ3) is 7.82. The molecule has 0 radical (unpaired) electrons. The number of furan rings is 1. The van der Waals surface area contributed by atoms with Crippen LogP contribution in [0.25, 0.3) is 85.2 Å². The molecule has 3 heterocycles. The van der Waals surface area contributed by atoms with Gasteiger partial charge in [-0.15, -0.1) is 0 Å². The van der Waals surface area contributed by atoms with Crippen molar-refractivity contribution in [1.82, 2.24) is 15.0 Å². The van der Waals surface area contributed by atoms with Crippen LogP contribution in [0.4, 0.5) is 0 Å². The fraction of sp³-hybridized carbons (Fsp3) is 0.119. The molecule has 5 nitrogen and oxygen atoms in total. The highest BCUT2D eigenvalue weighted by atomic mass is 16.3. The second kappa shape index (κ2) is 17.2. The van der Waals surface area contributed by atoms with Crippen LogP contribution in [0.3, 0.4) is 0 Å². The highest BCUT2D eigenvalue weighted by molar-refractivity contribution is 6.06. The van der Waals surface area contributed by atoms with Crippen molar-refractivity contribution in [1.29, 1.82) is 0 Å². The summed E-state index contributed by atoms with van der Waals surface area (Å²) >= 11 is 0. The molecule has 0 spiro atoms. The molecule has 9 aromatic rings. The molecule has 0 amide bonds. The fourth-order valence-electron chi connectivity index (χ4n) is 9.30. The molecule has 2 unspecified atom stereocenters. The molecule has 2 aromatic heterocycles. The maximum atomic E-state index is 6.43. The Bertz CT molecular complexity index is 3290. The molecule has 7 aromatic carbocycles. The lowest BCUT2D eigenvalue weighted by molar-refractivity contribution is 0.571. The number of benzene rings is 7. The van der Waals surface area contributed by atoms with E-state index in [-0.39, 0.29) is 11.8 Å². The molecular formula is C59H46N4O. The second-order valence-electron chi connectivity index (χ2n) is 16.8. The van der Waals surface area contributed by atoms with Crippen LogP contribution in [0, 0.1) is 5.92 Å². The van der Waals surface area contributed by atoms with Crippen LogP contribution >= 0.6 is 0 Å². The number of aromatic nitrogens is 3. The summed E-state index contributed by atoms with van der Waals surface area (Å²) in [4.78, 5) is 20.5. The van der Waals surface area contributed by atoms with Crippen LogP contribution in [0.5, 0.6) is 0 Å². The molecule has 0 saturated carbocycles. The number of hydrogen-bond donors (Lipinski definition) is 0. The van der Waals surface area contributed by atoms with Gasteiger partial charge in [-0.3, -0.25) is 4.99 Å². The number of rotatable bonds is 9. The van der Waals surface area contributed by atoms with Crippen molar-refractivity contribution in [2.75, 3.05) is 0 Å². The minimum atomic E-state index is 0.215. The van der Waals surface area contributed by atoms with Crippen molar-refractivity contribution in [2.24, 2.45) is 10.9 Å². The van der Waals surface area contributed by atoms with E-state index in [9.17, 15) is 0 Å². The summed E-state index contributed by atoms with van der Waals surface area (Å²) in [6, 6.07) is 64.0. The molecule has 0 saturated heterocycles. The first kappa shape index (κ1) is 39.1. The molecule has 11 rings (SSSR count). The van der Waals surface area contributed by atoms with Gasteiger partial charge < -0.3 is 4.42 Å². The van der Waals surface area contributed by atoms with Gasteiger partial charge in [-0.05, 0) is 95.5 Å². The van der Waals surface area contributed by atoms with Crippen LogP contribution < -0.4 is 10.6 Å². The summed E-state index contributed by atoms with van der Waals surface area (Å²) < 4.78 is 6.43. The van der Waals surface area contributed by atoms with Crippen LogP contribution in [-0.4, -0.2) is 20.7 Å². The van der Waals surface area contributed by atoms with Crippen LogP contribution in [0.2, 0.25) is 0 Å². The third-order valence-corrected chi connectivity index (χ3v) is 12.7. The van der Waals surface area contributed by atoms with Gasteiger partial charge in [0, 0.05) is 44.7 Å². The highest BCUT2D eigenvalue weighted by Crippen LogP contribution is 2.38. The lowest BCUT2D eigenvalue weighted by atomic mass is 9.83. The van der Waals surface area contributed by atoms with E-state index in [2.05, 4.69) is 146 Å². The molecule has 0 N–H and O–H groups in total. The van der Waals surface area contributed by atoms with Crippen molar-refractivity contribution >= 4 is 34.5 Å². The van der Waals surface area contributed by atoms with Crippen molar-refractivity contribution in [3.05, 3.63) is 215 Å². The molecular weight excluding hydrogens is 781 g/mol. The zero-order valence-corrected chi connectivity index (χ0v) is 35.7. The average molecular weight is 827 g/mol. The van der Waals surface area contributed by atoms with Gasteiger partial charge in [0.15, 0.2) is 17.5 Å². The normalized spacial score (nSPS) is 15.9. The standard InChI is InChI=1S/C59H46N4O/c1-2-39-33-50(40-17-6-3-7-18-40)37-53(47-31-32-52-51-29-12-13-30-54(51)64-55(52)38-47)60-56(39)48-27-15-25-45(35-48)43-23-14-24-44(34-43)46-26-16-28-49(36-46)59-62-57(41-19-8-4-9-20-41)61-58(63-59)42-21-10-5-11-22-42/h3-11,14-32,34-39,50H,2,12-13,33H2,1H3. The van der Waals surface area contributed by atoms with E-state index in [0.717, 1.165) is 98.2 Å². The molecule has 0 bridgehead atoms. The first-order chi connectivity index (χ1) is 31.6. The molecule has 5 heteroatoms. The summed E-state index contributed by atoms with van der Waals surface area (Å²) in [7, 11) is 0. The zero-order chi connectivity index (χ0) is 42.8. The first-order valence-electron chi connectivity index (χ1n) is 22.4. The lowest BCUT2D eigenvalue weighted by Gasteiger charge is -2.21. The Kier molecular flexibility index (Phi) is 10.5. The van der Waals surface area contributed by atoms with Crippen molar-refractivity contribution in [2.45, 2.75) is 38.5 Å². The Morgan fingerprint density at radius 2 is 1.00 bits per heavy atom. The molecule has 2 aliphatic rings. The Morgan fingerprint density at radius 1 is 0.484 bits per heavy atom. The summed E-state index contributed by atoms with van der Waals surface area (Å²) in [6.45, 7) is 2.29. The van der Waals surface area contributed by atoms with Crippen molar-refractivity contribution < 1.29 is 4.42 Å². The summed E-state index contributed by atoms with van der Waals surface area (Å²) in [5.74, 6) is 2.40. The van der Waals surface area contributed by atoms with Gasteiger partial charge in [0.1, 0.15) is 11.0 Å². The van der Waals surface area contributed by atoms with E-state index < -0.39 is 0 Å². The van der Waals surface area contributed by atoms with Crippen LogP contribution in [-0.2, 0) is 0 Å². The number of nitrogens with zero attached hydrogens (tertiary/aromatic N) is 4. The molecule has 1 aliphatic heterocycles. The number of hydrogen-bond acceptors (Lipinski definition) is 5. The predicted molar refractivity (Wildman–Crippen MR) is 263 cm³/mol. The largest absolute Gasteiger partial charge is 0.456 e. The van der Waals surface area contributed by atoms with Gasteiger partial charge in [-0.2, -0.15) is 0 Å². The van der Waals surface area contributed by atoms with E-state index in [0.29, 0.717) is 17.5 Å². The minimum Gasteiger partial charge on any atom is -0.456 e. The predicted octanol–water partition coefficient (Wildman–Crippen LogP) is 13.4. The minimum absolute atomic E-state index is 0.215. The summed E-state index contributed by atoms with van der Waals surface area (Å²) in [5.41, 5.74) is 14.9. The fourth-order valence-corrected chi connectivity index (χ4v) is 9.30. The maximum Gasteiger partial charge on any atom is 0.164 e. The van der Waals surface area contributed by atoms with Gasteiger partial charge in [-0.1, -0.05) is 171 Å². The Morgan fingerprint density at radius 3 is 1.62 bits per heavy atom. The monoisotopic (exact) mass is 826 g/mol. The zero-order valence-electron chi connectivity index (χ0n) is 35.7. The quantitative estimate of drug-likeness (QED) is 0.145. The lowest BCUT2D eigenvalue weighted by Crippen LogP contribution is -2.21. The SMILES string of the molecule is CCC1CC(c2ccccc2)C=C(c2ccc3c4c(oc3c2)=CCCC=4)N=C1c1cccc(-c2cccc(-c3cccc(-c4nc(-c5ccccc5)nc(-c5ccccc5)n4)c3)c2)c1. The maximum absolute atomic E-state index is 6.43. The Labute approximate surface area is 373 Å². The number of allylic oxidation sites excluding steroid dienone is 1. The summed E-state index contributed by atoms with van der Waals surface area (Å²) in [6.07, 6.45) is 10.9.